The second-order valence-corrected chi connectivity index (χ2v) is 2.46. The van der Waals surface area contributed by atoms with E-state index in [9.17, 15) is 14.9 Å². The second kappa shape index (κ2) is 8.87. The number of nitrogens with zero attached hydrogens (tertiary/aromatic N) is 1. The van der Waals surface area contributed by atoms with Crippen molar-refractivity contribution in [2.24, 2.45) is 0 Å². The van der Waals surface area contributed by atoms with Gasteiger partial charge in [0, 0.05) is 18.6 Å². The standard InChI is InChI=1S/C9H11NO3.C2H6/c1-4-5-9(8(3)11)6-7(2)10(12)13;1-2/h4-6H,1H2,2-3H3;1-2H3/b7-6+,9-5+;. The van der Waals surface area contributed by atoms with Gasteiger partial charge >= 0.3 is 0 Å². The van der Waals surface area contributed by atoms with E-state index in [2.05, 4.69) is 6.58 Å². The number of rotatable bonds is 4. The Kier molecular flexibility index (Phi) is 9.31. The minimum atomic E-state index is -0.542. The third kappa shape index (κ3) is 7.37. The van der Waals surface area contributed by atoms with Crippen molar-refractivity contribution in [2.45, 2.75) is 27.7 Å². The number of allylic oxidation sites excluding steroid dienone is 5. The molecule has 0 aromatic heterocycles. The van der Waals surface area contributed by atoms with Crippen LogP contribution in [0.15, 0.2) is 36.1 Å². The van der Waals surface area contributed by atoms with Crippen LogP contribution in [-0.4, -0.2) is 10.7 Å². The molecule has 0 saturated carbocycles. The Morgan fingerprint density at radius 1 is 1.33 bits per heavy atom. The molecule has 0 amide bonds. The molecule has 0 rings (SSSR count). The zero-order valence-corrected chi connectivity index (χ0v) is 9.61. The van der Waals surface area contributed by atoms with Crippen LogP contribution in [0.1, 0.15) is 27.7 Å². The summed E-state index contributed by atoms with van der Waals surface area (Å²) >= 11 is 0. The molecule has 0 aliphatic heterocycles. The quantitative estimate of drug-likeness (QED) is 0.311. The Labute approximate surface area is 90.1 Å². The van der Waals surface area contributed by atoms with Gasteiger partial charge in [0.1, 0.15) is 0 Å². The average Bonchev–Trinajstić information content (AvgIpc) is 2.19. The second-order valence-electron chi connectivity index (χ2n) is 2.46. The summed E-state index contributed by atoms with van der Waals surface area (Å²) in [4.78, 5) is 20.6. The van der Waals surface area contributed by atoms with Gasteiger partial charge in [0.25, 0.3) is 0 Å². The van der Waals surface area contributed by atoms with Crippen LogP contribution >= 0.6 is 0 Å². The highest BCUT2D eigenvalue weighted by Gasteiger charge is 2.06. The predicted molar refractivity (Wildman–Crippen MR) is 61.1 cm³/mol. The predicted octanol–water partition coefficient (Wildman–Crippen LogP) is 2.89. The average molecular weight is 211 g/mol. The number of hydrogen-bond acceptors (Lipinski definition) is 3. The molecule has 0 atom stereocenters. The summed E-state index contributed by atoms with van der Waals surface area (Å²) in [5.74, 6) is -0.221. The van der Waals surface area contributed by atoms with Gasteiger partial charge in [0.05, 0.1) is 4.92 Å². The van der Waals surface area contributed by atoms with E-state index in [4.69, 9.17) is 0 Å². The molecule has 0 radical (unpaired) electrons. The van der Waals surface area contributed by atoms with Crippen molar-refractivity contribution in [3.05, 3.63) is 46.2 Å². The van der Waals surface area contributed by atoms with Gasteiger partial charge in [-0.25, -0.2) is 0 Å². The first-order valence-electron chi connectivity index (χ1n) is 4.65. The number of carbonyl (C=O) groups is 1. The molecule has 15 heavy (non-hydrogen) atoms. The van der Waals surface area contributed by atoms with Gasteiger partial charge in [0.15, 0.2) is 5.78 Å². The van der Waals surface area contributed by atoms with Gasteiger partial charge in [-0.2, -0.15) is 0 Å². The SMILES string of the molecule is C=C/C=C(\C=C(/C)[N+](=O)[O-])C(C)=O.CC. The molecule has 4 heteroatoms. The Morgan fingerprint density at radius 3 is 2.07 bits per heavy atom. The smallest absolute Gasteiger partial charge is 0.243 e. The maximum absolute atomic E-state index is 10.9. The lowest BCUT2D eigenvalue weighted by Crippen LogP contribution is -1.98. The largest absolute Gasteiger partial charge is 0.295 e. The number of ketones is 1. The van der Waals surface area contributed by atoms with Gasteiger partial charge in [-0.05, 0) is 6.92 Å². The minimum absolute atomic E-state index is 0.0664. The van der Waals surface area contributed by atoms with Crippen molar-refractivity contribution < 1.29 is 9.72 Å². The molecular formula is C11H17NO3. The third-order valence-electron chi connectivity index (χ3n) is 1.36. The fourth-order valence-corrected chi connectivity index (χ4v) is 0.672. The molecular weight excluding hydrogens is 194 g/mol. The van der Waals surface area contributed by atoms with Crippen LogP contribution in [0.5, 0.6) is 0 Å². The van der Waals surface area contributed by atoms with Crippen LogP contribution in [0.25, 0.3) is 0 Å². The summed E-state index contributed by atoms with van der Waals surface area (Å²) in [6, 6.07) is 0. The summed E-state index contributed by atoms with van der Waals surface area (Å²) in [6.45, 7) is 10.1. The molecule has 0 aliphatic carbocycles. The third-order valence-corrected chi connectivity index (χ3v) is 1.36. The van der Waals surface area contributed by atoms with Crippen LogP contribution in [0.4, 0.5) is 0 Å². The minimum Gasteiger partial charge on any atom is -0.295 e. The highest BCUT2D eigenvalue weighted by molar-refractivity contribution is 5.96. The van der Waals surface area contributed by atoms with Gasteiger partial charge in [-0.3, -0.25) is 14.9 Å². The fourth-order valence-electron chi connectivity index (χ4n) is 0.672. The van der Waals surface area contributed by atoms with Crippen LogP contribution in [0.2, 0.25) is 0 Å². The van der Waals surface area contributed by atoms with E-state index in [0.29, 0.717) is 0 Å². The van der Waals surface area contributed by atoms with Crippen molar-refractivity contribution in [3.8, 4) is 0 Å². The normalized spacial score (nSPS) is 11.2. The van der Waals surface area contributed by atoms with E-state index in [1.807, 2.05) is 13.8 Å². The maximum atomic E-state index is 10.9. The van der Waals surface area contributed by atoms with Crippen molar-refractivity contribution in [3.63, 3.8) is 0 Å². The molecule has 4 nitrogen and oxygen atoms in total. The van der Waals surface area contributed by atoms with E-state index in [0.717, 1.165) is 0 Å². The summed E-state index contributed by atoms with van der Waals surface area (Å²) in [7, 11) is 0. The van der Waals surface area contributed by atoms with Crippen LogP contribution in [0, 0.1) is 10.1 Å². The molecule has 84 valence electrons. The van der Waals surface area contributed by atoms with Gasteiger partial charge in [0.2, 0.25) is 5.70 Å². The monoisotopic (exact) mass is 211 g/mol. The van der Waals surface area contributed by atoms with Crippen LogP contribution in [-0.2, 0) is 4.79 Å². The first kappa shape index (κ1) is 15.7. The lowest BCUT2D eigenvalue weighted by atomic mass is 10.1. The molecule has 0 heterocycles. The molecule has 0 N–H and O–H groups in total. The van der Waals surface area contributed by atoms with E-state index in [1.165, 1.54) is 32.1 Å². The first-order chi connectivity index (χ1) is 6.99. The van der Waals surface area contributed by atoms with E-state index in [1.54, 1.807) is 0 Å². The highest BCUT2D eigenvalue weighted by Crippen LogP contribution is 2.04. The van der Waals surface area contributed by atoms with Gasteiger partial charge in [-0.1, -0.05) is 32.6 Å². The van der Waals surface area contributed by atoms with E-state index >= 15 is 0 Å². The zero-order chi connectivity index (χ0) is 12.4. The molecule has 0 aliphatic rings. The summed E-state index contributed by atoms with van der Waals surface area (Å²) in [5, 5.41) is 10.2. The fraction of sp³-hybridized carbons (Fsp3) is 0.364. The Bertz CT molecular complexity index is 301. The Balaban J connectivity index is 0. The molecule has 0 fully saturated rings. The van der Waals surface area contributed by atoms with Crippen molar-refractivity contribution in [2.75, 3.05) is 0 Å². The Morgan fingerprint density at radius 2 is 1.80 bits per heavy atom. The topological polar surface area (TPSA) is 60.2 Å². The van der Waals surface area contributed by atoms with Crippen LogP contribution < -0.4 is 0 Å². The number of hydrogen-bond donors (Lipinski definition) is 0. The van der Waals surface area contributed by atoms with Crippen molar-refractivity contribution in [1.82, 2.24) is 0 Å². The maximum Gasteiger partial charge on any atom is 0.243 e. The molecule has 0 saturated heterocycles. The molecule has 0 bridgehead atoms. The molecule has 0 unspecified atom stereocenters. The molecule has 0 aromatic carbocycles. The Hall–Kier alpha value is -1.71. The summed E-state index contributed by atoms with van der Waals surface area (Å²) in [5.41, 5.74) is 0.215. The van der Waals surface area contributed by atoms with Crippen LogP contribution in [0.3, 0.4) is 0 Å². The zero-order valence-electron chi connectivity index (χ0n) is 9.61. The first-order valence-corrected chi connectivity index (χ1v) is 4.65. The number of carbonyl (C=O) groups excluding carboxylic acids is 1. The van der Waals surface area contributed by atoms with E-state index < -0.39 is 4.92 Å². The van der Waals surface area contributed by atoms with Crippen molar-refractivity contribution >= 4 is 5.78 Å². The van der Waals surface area contributed by atoms with E-state index in [-0.39, 0.29) is 17.1 Å². The molecule has 0 aromatic rings. The number of Topliss-reactive ketones (excluding diaryl/α,β-unsaturated/α-hetero) is 1. The molecule has 0 spiro atoms. The highest BCUT2D eigenvalue weighted by atomic mass is 16.6. The van der Waals surface area contributed by atoms with Crippen molar-refractivity contribution in [1.29, 1.82) is 0 Å². The summed E-state index contributed by atoms with van der Waals surface area (Å²) in [6.07, 6.45) is 4.08. The van der Waals surface area contributed by atoms with Gasteiger partial charge in [-0.15, -0.1) is 0 Å². The number of nitro groups is 1. The lowest BCUT2D eigenvalue weighted by molar-refractivity contribution is -0.424. The van der Waals surface area contributed by atoms with Gasteiger partial charge < -0.3 is 0 Å². The summed E-state index contributed by atoms with van der Waals surface area (Å²) < 4.78 is 0. The lowest BCUT2D eigenvalue weighted by Gasteiger charge is -1.93.